The Hall–Kier alpha value is -3.88. The standard InChI is InChI=1S/C26H23ClN4O4/c1-3-34-14-26(2)25(33)30-20-13-29-24-21(22(20)31-26)18(12-28-24)23(32)17-10-9-16(11-19(17)27)35-15-7-5-4-6-8-15/h4-13,31H,3,14H2,1-2H3,(H,28,29)(H,30,33). The average Bonchev–Trinajstić information content (AvgIpc) is 3.29. The number of amides is 1. The summed E-state index contributed by atoms with van der Waals surface area (Å²) in [4.78, 5) is 33.7. The molecule has 9 heteroatoms. The minimum Gasteiger partial charge on any atom is -0.457 e. The lowest BCUT2D eigenvalue weighted by atomic mass is 9.96. The van der Waals surface area contributed by atoms with E-state index >= 15 is 0 Å². The molecule has 2 aromatic heterocycles. The van der Waals surface area contributed by atoms with Crippen LogP contribution in [0.4, 0.5) is 11.4 Å². The van der Waals surface area contributed by atoms with E-state index in [9.17, 15) is 9.59 Å². The van der Waals surface area contributed by atoms with Crippen molar-refractivity contribution in [2.45, 2.75) is 19.4 Å². The Morgan fingerprint density at radius 3 is 2.66 bits per heavy atom. The van der Waals surface area contributed by atoms with E-state index in [0.717, 1.165) is 0 Å². The van der Waals surface area contributed by atoms with E-state index in [1.54, 1.807) is 37.5 Å². The van der Waals surface area contributed by atoms with Crippen molar-refractivity contribution in [1.82, 2.24) is 9.97 Å². The highest BCUT2D eigenvalue weighted by Crippen LogP contribution is 2.39. The molecule has 1 unspecified atom stereocenters. The predicted octanol–water partition coefficient (Wildman–Crippen LogP) is 5.40. The largest absolute Gasteiger partial charge is 0.457 e. The van der Waals surface area contributed by atoms with Gasteiger partial charge in [0, 0.05) is 24.4 Å². The summed E-state index contributed by atoms with van der Waals surface area (Å²) < 4.78 is 11.3. The minimum atomic E-state index is -1.01. The Balaban J connectivity index is 1.51. The summed E-state index contributed by atoms with van der Waals surface area (Å²) in [6.45, 7) is 4.26. The van der Waals surface area contributed by atoms with Crippen LogP contribution in [-0.2, 0) is 9.53 Å². The summed E-state index contributed by atoms with van der Waals surface area (Å²) in [6, 6.07) is 14.3. The number of rotatable bonds is 7. The molecule has 0 saturated heterocycles. The van der Waals surface area contributed by atoms with Crippen LogP contribution in [0.15, 0.2) is 60.9 Å². The molecule has 1 atom stereocenters. The molecule has 3 N–H and O–H groups in total. The molecule has 0 radical (unpaired) electrons. The molecule has 0 fully saturated rings. The van der Waals surface area contributed by atoms with Gasteiger partial charge in [-0.25, -0.2) is 4.98 Å². The van der Waals surface area contributed by atoms with Crippen LogP contribution in [0.2, 0.25) is 5.02 Å². The second kappa shape index (κ2) is 9.05. The van der Waals surface area contributed by atoms with Crippen molar-refractivity contribution >= 4 is 45.7 Å². The molecule has 1 aliphatic rings. The molecular weight excluding hydrogens is 468 g/mol. The number of fused-ring (bicyclic) bond motifs is 3. The Kier molecular flexibility index (Phi) is 5.92. The van der Waals surface area contributed by atoms with E-state index in [0.29, 0.717) is 51.6 Å². The number of aromatic amines is 1. The molecule has 4 aromatic rings. The van der Waals surface area contributed by atoms with E-state index in [1.807, 2.05) is 37.3 Å². The highest BCUT2D eigenvalue weighted by atomic mass is 35.5. The van der Waals surface area contributed by atoms with Crippen LogP contribution in [0.3, 0.4) is 0 Å². The zero-order valence-electron chi connectivity index (χ0n) is 19.1. The first-order valence-corrected chi connectivity index (χ1v) is 11.5. The highest BCUT2D eigenvalue weighted by molar-refractivity contribution is 6.36. The fraction of sp³-hybridized carbons (Fsp3) is 0.192. The summed E-state index contributed by atoms with van der Waals surface area (Å²) in [5.74, 6) is 0.667. The number of pyridine rings is 1. The maximum atomic E-state index is 13.6. The number of nitrogens with zero attached hydrogens (tertiary/aromatic N) is 1. The summed E-state index contributed by atoms with van der Waals surface area (Å²) in [6.07, 6.45) is 3.15. The second-order valence-corrected chi connectivity index (χ2v) is 8.81. The van der Waals surface area contributed by atoms with E-state index in [1.165, 1.54) is 0 Å². The van der Waals surface area contributed by atoms with Crippen LogP contribution >= 0.6 is 11.6 Å². The fourth-order valence-electron chi connectivity index (χ4n) is 4.01. The SMILES string of the molecule is CCOCC1(C)Nc2c(cnc3[nH]cc(C(=O)c4ccc(Oc5ccccc5)cc4Cl)c23)NC1=O. The number of ether oxygens (including phenoxy) is 2. The zero-order chi connectivity index (χ0) is 24.6. The Morgan fingerprint density at radius 1 is 1.11 bits per heavy atom. The number of carbonyl (C=O) groups excluding carboxylic acids is 2. The van der Waals surface area contributed by atoms with Gasteiger partial charge in [0.05, 0.1) is 40.2 Å². The fourth-order valence-corrected chi connectivity index (χ4v) is 4.27. The molecule has 3 heterocycles. The topological polar surface area (TPSA) is 105 Å². The van der Waals surface area contributed by atoms with Gasteiger partial charge in [-0.1, -0.05) is 29.8 Å². The highest BCUT2D eigenvalue weighted by Gasteiger charge is 2.39. The van der Waals surface area contributed by atoms with Crippen molar-refractivity contribution in [1.29, 1.82) is 0 Å². The summed E-state index contributed by atoms with van der Waals surface area (Å²) >= 11 is 6.51. The van der Waals surface area contributed by atoms with E-state index in [4.69, 9.17) is 21.1 Å². The maximum Gasteiger partial charge on any atom is 0.252 e. The van der Waals surface area contributed by atoms with E-state index in [2.05, 4.69) is 20.6 Å². The smallest absolute Gasteiger partial charge is 0.252 e. The van der Waals surface area contributed by atoms with Gasteiger partial charge in [-0.15, -0.1) is 0 Å². The number of aromatic nitrogens is 2. The number of nitrogens with one attached hydrogen (secondary N) is 3. The first-order chi connectivity index (χ1) is 16.9. The lowest BCUT2D eigenvalue weighted by Gasteiger charge is -2.35. The van der Waals surface area contributed by atoms with Crippen molar-refractivity contribution in [2.75, 3.05) is 23.8 Å². The van der Waals surface area contributed by atoms with Crippen LogP contribution in [0.25, 0.3) is 11.0 Å². The molecule has 2 aromatic carbocycles. The lowest BCUT2D eigenvalue weighted by Crippen LogP contribution is -2.53. The summed E-state index contributed by atoms with van der Waals surface area (Å²) in [5, 5.41) is 6.99. The number of halogens is 1. The monoisotopic (exact) mass is 490 g/mol. The van der Waals surface area contributed by atoms with Crippen molar-refractivity contribution < 1.29 is 19.1 Å². The molecule has 0 saturated carbocycles. The molecule has 0 aliphatic carbocycles. The quantitative estimate of drug-likeness (QED) is 0.300. The van der Waals surface area contributed by atoms with Crippen LogP contribution in [-0.4, -0.2) is 40.4 Å². The Labute approximate surface area is 206 Å². The third kappa shape index (κ3) is 4.22. The number of para-hydroxylation sites is 1. The number of ketones is 1. The van der Waals surface area contributed by atoms with Gasteiger partial charge >= 0.3 is 0 Å². The van der Waals surface area contributed by atoms with Gasteiger partial charge in [0.25, 0.3) is 5.91 Å². The number of carbonyl (C=O) groups is 2. The van der Waals surface area contributed by atoms with Crippen molar-refractivity contribution in [3.63, 3.8) is 0 Å². The molecule has 1 amide bonds. The van der Waals surface area contributed by atoms with Crippen LogP contribution in [0.1, 0.15) is 29.8 Å². The van der Waals surface area contributed by atoms with Gasteiger partial charge in [-0.2, -0.15) is 0 Å². The van der Waals surface area contributed by atoms with Crippen molar-refractivity contribution in [3.05, 3.63) is 77.1 Å². The predicted molar refractivity (Wildman–Crippen MR) is 135 cm³/mol. The van der Waals surface area contributed by atoms with E-state index in [-0.39, 0.29) is 23.3 Å². The maximum absolute atomic E-state index is 13.6. The number of H-pyrrole nitrogens is 1. The van der Waals surface area contributed by atoms with Gasteiger partial charge in [-0.3, -0.25) is 9.59 Å². The normalized spacial score (nSPS) is 16.9. The number of anilines is 2. The van der Waals surface area contributed by atoms with Crippen LogP contribution in [0, 0.1) is 0 Å². The minimum absolute atomic E-state index is 0.168. The second-order valence-electron chi connectivity index (χ2n) is 8.41. The average molecular weight is 491 g/mol. The van der Waals surface area contributed by atoms with Crippen molar-refractivity contribution in [3.8, 4) is 11.5 Å². The van der Waals surface area contributed by atoms with Gasteiger partial charge in [0.2, 0.25) is 0 Å². The van der Waals surface area contributed by atoms with Gasteiger partial charge in [0.15, 0.2) is 5.78 Å². The van der Waals surface area contributed by atoms with Crippen molar-refractivity contribution in [2.24, 2.45) is 0 Å². The number of hydrogen-bond acceptors (Lipinski definition) is 6. The first-order valence-electron chi connectivity index (χ1n) is 11.1. The molecule has 178 valence electrons. The first kappa shape index (κ1) is 22.9. The van der Waals surface area contributed by atoms with Gasteiger partial charge < -0.3 is 25.1 Å². The van der Waals surface area contributed by atoms with Crippen LogP contribution < -0.4 is 15.4 Å². The molecule has 1 aliphatic heterocycles. The molecule has 8 nitrogen and oxygen atoms in total. The Morgan fingerprint density at radius 2 is 1.91 bits per heavy atom. The Bertz CT molecular complexity index is 1440. The molecule has 0 bridgehead atoms. The number of benzene rings is 2. The molecule has 0 spiro atoms. The molecular formula is C26H23ClN4O4. The molecule has 5 rings (SSSR count). The van der Waals surface area contributed by atoms with Gasteiger partial charge in [-0.05, 0) is 38.1 Å². The number of hydrogen-bond donors (Lipinski definition) is 3. The summed E-state index contributed by atoms with van der Waals surface area (Å²) in [7, 11) is 0. The lowest BCUT2D eigenvalue weighted by molar-refractivity contribution is -0.122. The zero-order valence-corrected chi connectivity index (χ0v) is 19.9. The van der Waals surface area contributed by atoms with E-state index < -0.39 is 5.54 Å². The van der Waals surface area contributed by atoms with Crippen LogP contribution in [0.5, 0.6) is 11.5 Å². The third-order valence-corrected chi connectivity index (χ3v) is 6.17. The third-order valence-electron chi connectivity index (χ3n) is 5.86. The molecule has 35 heavy (non-hydrogen) atoms. The van der Waals surface area contributed by atoms with Gasteiger partial charge in [0.1, 0.15) is 22.7 Å². The summed E-state index contributed by atoms with van der Waals surface area (Å²) in [5.41, 5.74) is 1.29.